The zero-order valence-electron chi connectivity index (χ0n) is 14.5. The molecule has 0 saturated heterocycles. The maximum Gasteiger partial charge on any atom is 0.326 e. The van der Waals surface area contributed by atoms with Crippen molar-refractivity contribution in [1.29, 1.82) is 0 Å². The van der Waals surface area contributed by atoms with Crippen LogP contribution in [-0.2, 0) is 22.5 Å². The number of esters is 1. The Bertz CT molecular complexity index is 800. The van der Waals surface area contributed by atoms with Crippen molar-refractivity contribution in [3.63, 3.8) is 0 Å². The van der Waals surface area contributed by atoms with Crippen LogP contribution in [0.4, 0.5) is 0 Å². The Morgan fingerprint density at radius 1 is 1.38 bits per heavy atom. The first-order chi connectivity index (χ1) is 11.5. The molecule has 0 aromatic carbocycles. The van der Waals surface area contributed by atoms with Gasteiger partial charge in [-0.1, -0.05) is 13.8 Å². The Morgan fingerprint density at radius 3 is 2.75 bits per heavy atom. The minimum Gasteiger partial charge on any atom is -0.461 e. The van der Waals surface area contributed by atoms with Crippen LogP contribution in [0.15, 0.2) is 10.9 Å². The molecule has 24 heavy (non-hydrogen) atoms. The molecule has 0 radical (unpaired) electrons. The second-order valence-corrected chi connectivity index (χ2v) is 7.82. The second-order valence-electron chi connectivity index (χ2n) is 6.71. The smallest absolute Gasteiger partial charge is 0.326 e. The third-order valence-electron chi connectivity index (χ3n) is 4.79. The Kier molecular flexibility index (Phi) is 5.04. The van der Waals surface area contributed by atoms with Gasteiger partial charge in [0.1, 0.15) is 23.3 Å². The number of carbonyl (C=O) groups excluding carboxylic acids is 1. The predicted octanol–water partition coefficient (Wildman–Crippen LogP) is 3.45. The minimum absolute atomic E-state index is 0.00533. The lowest BCUT2D eigenvalue weighted by Gasteiger charge is -2.26. The van der Waals surface area contributed by atoms with Gasteiger partial charge >= 0.3 is 5.97 Å². The Morgan fingerprint density at radius 2 is 2.08 bits per heavy atom. The summed E-state index contributed by atoms with van der Waals surface area (Å²) in [6, 6.07) is 1.89. The van der Waals surface area contributed by atoms with Gasteiger partial charge in [0.15, 0.2) is 0 Å². The molecule has 5 nitrogen and oxygen atoms in total. The monoisotopic (exact) mass is 348 g/mol. The van der Waals surface area contributed by atoms with Crippen LogP contribution in [0.3, 0.4) is 0 Å². The average molecular weight is 348 g/mol. The van der Waals surface area contributed by atoms with Gasteiger partial charge in [-0.25, -0.2) is 4.98 Å². The molecule has 2 heterocycles. The van der Waals surface area contributed by atoms with E-state index in [4.69, 9.17) is 4.74 Å². The number of nitrogens with zero attached hydrogens (tertiary/aromatic N) is 2. The quantitative estimate of drug-likeness (QED) is 0.794. The fourth-order valence-corrected chi connectivity index (χ4v) is 4.23. The normalized spacial score (nSPS) is 21.1. The number of fused-ring (bicyclic) bond motifs is 1. The molecule has 1 aliphatic carbocycles. The zero-order chi connectivity index (χ0) is 17.3. The van der Waals surface area contributed by atoms with Crippen LogP contribution in [-0.4, -0.2) is 21.6 Å². The van der Waals surface area contributed by atoms with Crippen LogP contribution >= 0.6 is 11.3 Å². The van der Waals surface area contributed by atoms with Gasteiger partial charge in [-0.05, 0) is 51.0 Å². The van der Waals surface area contributed by atoms with E-state index in [9.17, 15) is 9.59 Å². The van der Waals surface area contributed by atoms with Gasteiger partial charge in [0.05, 0.1) is 5.39 Å². The van der Waals surface area contributed by atoms with Crippen molar-refractivity contribution in [2.45, 2.75) is 65.5 Å². The molecule has 2 aromatic rings. The number of aromatic nitrogens is 2. The van der Waals surface area contributed by atoms with Crippen molar-refractivity contribution in [2.75, 3.05) is 0 Å². The van der Waals surface area contributed by atoms with Gasteiger partial charge in [0.2, 0.25) is 0 Å². The number of carbonyl (C=O) groups is 1. The summed E-state index contributed by atoms with van der Waals surface area (Å²) >= 11 is 1.54. The Hall–Kier alpha value is -1.69. The second kappa shape index (κ2) is 7.05. The molecule has 0 bridgehead atoms. The van der Waals surface area contributed by atoms with E-state index < -0.39 is 0 Å². The van der Waals surface area contributed by atoms with Crippen molar-refractivity contribution in [1.82, 2.24) is 9.55 Å². The summed E-state index contributed by atoms with van der Waals surface area (Å²) < 4.78 is 7.00. The standard InChI is InChI=1S/C18H24N2O3S/c1-4-14-9-15-17(24-14)19-12(3)20(18(15)22)10-16(21)23-13-7-5-11(2)6-8-13/h9,11,13H,4-8,10H2,1-3H3. The number of ether oxygens (including phenoxy) is 1. The molecule has 1 fully saturated rings. The summed E-state index contributed by atoms with van der Waals surface area (Å²) in [6.45, 7) is 5.99. The molecule has 1 aliphatic rings. The van der Waals surface area contributed by atoms with E-state index in [-0.39, 0.29) is 24.2 Å². The molecule has 6 heteroatoms. The van der Waals surface area contributed by atoms with Crippen LogP contribution in [0.25, 0.3) is 10.2 Å². The number of thiophene rings is 1. The van der Waals surface area contributed by atoms with E-state index in [1.54, 1.807) is 18.3 Å². The van der Waals surface area contributed by atoms with Gasteiger partial charge in [0.25, 0.3) is 5.56 Å². The molecule has 0 unspecified atom stereocenters. The lowest BCUT2D eigenvalue weighted by Crippen LogP contribution is -2.31. The molecule has 0 aliphatic heterocycles. The van der Waals surface area contributed by atoms with E-state index in [0.717, 1.165) is 41.8 Å². The highest BCUT2D eigenvalue weighted by Gasteiger charge is 2.22. The maximum atomic E-state index is 12.7. The van der Waals surface area contributed by atoms with Gasteiger partial charge in [-0.15, -0.1) is 11.3 Å². The predicted molar refractivity (Wildman–Crippen MR) is 95.5 cm³/mol. The number of hydrogen-bond acceptors (Lipinski definition) is 5. The third kappa shape index (κ3) is 3.53. The lowest BCUT2D eigenvalue weighted by molar-refractivity contribution is -0.151. The molecular weight excluding hydrogens is 324 g/mol. The topological polar surface area (TPSA) is 61.2 Å². The lowest BCUT2D eigenvalue weighted by atomic mass is 9.89. The number of hydrogen-bond donors (Lipinski definition) is 0. The molecule has 0 atom stereocenters. The maximum absolute atomic E-state index is 12.7. The fraction of sp³-hybridized carbons (Fsp3) is 0.611. The van der Waals surface area contributed by atoms with E-state index in [2.05, 4.69) is 18.8 Å². The Balaban J connectivity index is 1.76. The van der Waals surface area contributed by atoms with Gasteiger partial charge in [-0.2, -0.15) is 0 Å². The van der Waals surface area contributed by atoms with E-state index in [0.29, 0.717) is 17.1 Å². The fourth-order valence-electron chi connectivity index (χ4n) is 3.23. The zero-order valence-corrected chi connectivity index (χ0v) is 15.3. The molecule has 3 rings (SSSR count). The van der Waals surface area contributed by atoms with Crippen LogP contribution in [0.2, 0.25) is 0 Å². The van der Waals surface area contributed by atoms with Gasteiger partial charge in [-0.3, -0.25) is 14.2 Å². The highest BCUT2D eigenvalue weighted by atomic mass is 32.1. The number of aryl methyl sites for hydroxylation is 2. The highest BCUT2D eigenvalue weighted by Crippen LogP contribution is 2.26. The van der Waals surface area contributed by atoms with E-state index in [1.165, 1.54) is 4.57 Å². The van der Waals surface area contributed by atoms with Crippen molar-refractivity contribution in [3.8, 4) is 0 Å². The summed E-state index contributed by atoms with van der Waals surface area (Å²) in [4.78, 5) is 31.3. The summed E-state index contributed by atoms with van der Waals surface area (Å²) in [5, 5.41) is 0.599. The van der Waals surface area contributed by atoms with Crippen molar-refractivity contribution >= 4 is 27.5 Å². The largest absolute Gasteiger partial charge is 0.461 e. The Labute approximate surface area is 145 Å². The van der Waals surface area contributed by atoms with Crippen LogP contribution in [0, 0.1) is 12.8 Å². The first-order valence-corrected chi connectivity index (χ1v) is 9.49. The van der Waals surface area contributed by atoms with Crippen molar-refractivity contribution in [2.24, 2.45) is 5.92 Å². The summed E-state index contributed by atoms with van der Waals surface area (Å²) in [7, 11) is 0. The molecule has 1 saturated carbocycles. The van der Waals surface area contributed by atoms with Crippen LogP contribution < -0.4 is 5.56 Å². The molecule has 130 valence electrons. The van der Waals surface area contributed by atoms with E-state index in [1.807, 2.05) is 6.07 Å². The third-order valence-corrected chi connectivity index (χ3v) is 5.96. The van der Waals surface area contributed by atoms with E-state index >= 15 is 0 Å². The molecule has 2 aromatic heterocycles. The van der Waals surface area contributed by atoms with Crippen LogP contribution in [0.5, 0.6) is 0 Å². The highest BCUT2D eigenvalue weighted by molar-refractivity contribution is 7.18. The van der Waals surface area contributed by atoms with Crippen molar-refractivity contribution in [3.05, 3.63) is 27.1 Å². The van der Waals surface area contributed by atoms with Gasteiger partial charge < -0.3 is 4.74 Å². The first kappa shape index (κ1) is 17.1. The minimum atomic E-state index is -0.341. The molecule has 0 spiro atoms. The number of rotatable bonds is 4. The summed E-state index contributed by atoms with van der Waals surface area (Å²) in [5.74, 6) is 0.931. The molecular formula is C18H24N2O3S. The van der Waals surface area contributed by atoms with Gasteiger partial charge in [0, 0.05) is 4.88 Å². The molecule has 0 N–H and O–H groups in total. The van der Waals surface area contributed by atoms with Crippen LogP contribution in [0.1, 0.15) is 50.2 Å². The summed E-state index contributed by atoms with van der Waals surface area (Å²) in [5.41, 5.74) is -0.150. The van der Waals surface area contributed by atoms with Crippen molar-refractivity contribution < 1.29 is 9.53 Å². The SMILES string of the molecule is CCc1cc2c(=O)n(CC(=O)OC3CCC(C)CC3)c(C)nc2s1. The molecule has 0 amide bonds. The first-order valence-electron chi connectivity index (χ1n) is 8.67. The average Bonchev–Trinajstić information content (AvgIpc) is 2.97. The summed E-state index contributed by atoms with van der Waals surface area (Å²) in [6.07, 6.45) is 4.90.